The maximum absolute atomic E-state index is 13.1. The number of hydrogen-bond acceptors (Lipinski definition) is 7. The van der Waals surface area contributed by atoms with Gasteiger partial charge < -0.3 is 19.5 Å². The van der Waals surface area contributed by atoms with Crippen molar-refractivity contribution in [1.82, 2.24) is 4.98 Å². The molecular weight excluding hydrogens is 436 g/mol. The van der Waals surface area contributed by atoms with Crippen molar-refractivity contribution in [2.24, 2.45) is 0 Å². The van der Waals surface area contributed by atoms with Crippen LogP contribution in [0.25, 0.3) is 0 Å². The Kier molecular flexibility index (Phi) is 6.32. The molecule has 32 heavy (non-hydrogen) atoms. The van der Waals surface area contributed by atoms with E-state index in [1.54, 1.807) is 42.5 Å². The molecule has 1 aliphatic rings. The molecule has 1 aromatic heterocycles. The second-order valence-corrected chi connectivity index (χ2v) is 7.06. The minimum absolute atomic E-state index is 0.0413. The molecular formula is C23H17ClN2O6. The molecule has 4 rings (SSSR count). The highest BCUT2D eigenvalue weighted by atomic mass is 35.5. The van der Waals surface area contributed by atoms with E-state index in [9.17, 15) is 14.4 Å². The SMILES string of the molecule is O=C(COC(=O)c1ccccc1C(=O)c1ccc2c(c1)OCCO2)Nc1cccnc1Cl. The summed E-state index contributed by atoms with van der Waals surface area (Å²) >= 11 is 5.90. The van der Waals surface area contributed by atoms with Gasteiger partial charge in [-0.05, 0) is 36.4 Å². The van der Waals surface area contributed by atoms with Crippen LogP contribution in [0.4, 0.5) is 5.69 Å². The monoisotopic (exact) mass is 452 g/mol. The Labute approximate surface area is 188 Å². The molecule has 2 aromatic carbocycles. The standard InChI is InChI=1S/C23H17ClN2O6/c24-22-17(6-3-9-25-22)26-20(27)13-32-23(29)16-5-2-1-4-15(16)21(28)14-7-8-18-19(12-14)31-11-10-30-18/h1-9,12H,10-11,13H2,(H,26,27). The molecule has 1 amide bonds. The molecule has 0 fully saturated rings. The average molecular weight is 453 g/mol. The van der Waals surface area contributed by atoms with Crippen molar-refractivity contribution >= 4 is 34.9 Å². The number of benzene rings is 2. The van der Waals surface area contributed by atoms with Gasteiger partial charge in [-0.25, -0.2) is 9.78 Å². The van der Waals surface area contributed by atoms with Crippen LogP contribution in [0.2, 0.25) is 5.15 Å². The molecule has 1 aliphatic heterocycles. The number of halogens is 1. The first kappa shape index (κ1) is 21.3. The summed E-state index contributed by atoms with van der Waals surface area (Å²) in [4.78, 5) is 41.6. The highest BCUT2D eigenvalue weighted by Gasteiger charge is 2.22. The zero-order chi connectivity index (χ0) is 22.5. The lowest BCUT2D eigenvalue weighted by atomic mass is 9.98. The van der Waals surface area contributed by atoms with Gasteiger partial charge in [-0.2, -0.15) is 0 Å². The lowest BCUT2D eigenvalue weighted by Crippen LogP contribution is -2.22. The highest BCUT2D eigenvalue weighted by Crippen LogP contribution is 2.31. The molecule has 9 heteroatoms. The molecule has 0 bridgehead atoms. The van der Waals surface area contributed by atoms with Crippen molar-refractivity contribution in [2.45, 2.75) is 0 Å². The van der Waals surface area contributed by atoms with E-state index in [-0.39, 0.29) is 22.1 Å². The number of rotatable bonds is 6. The Morgan fingerprint density at radius 3 is 2.50 bits per heavy atom. The van der Waals surface area contributed by atoms with Gasteiger partial charge in [0.2, 0.25) is 0 Å². The number of aromatic nitrogens is 1. The van der Waals surface area contributed by atoms with Crippen molar-refractivity contribution in [2.75, 3.05) is 25.1 Å². The smallest absolute Gasteiger partial charge is 0.339 e. The van der Waals surface area contributed by atoms with Crippen LogP contribution in [0.1, 0.15) is 26.3 Å². The number of ether oxygens (including phenoxy) is 3. The minimum atomic E-state index is -0.807. The van der Waals surface area contributed by atoms with Gasteiger partial charge in [0.15, 0.2) is 29.0 Å². The zero-order valence-electron chi connectivity index (χ0n) is 16.7. The Hall–Kier alpha value is -3.91. The summed E-state index contributed by atoms with van der Waals surface area (Å²) in [5.74, 6) is -0.767. The van der Waals surface area contributed by atoms with E-state index >= 15 is 0 Å². The van der Waals surface area contributed by atoms with Crippen molar-refractivity contribution < 1.29 is 28.6 Å². The summed E-state index contributed by atoms with van der Waals surface area (Å²) in [5, 5.41) is 2.62. The molecule has 162 valence electrons. The van der Waals surface area contributed by atoms with Crippen LogP contribution in [0.5, 0.6) is 11.5 Å². The van der Waals surface area contributed by atoms with Crippen LogP contribution >= 0.6 is 11.6 Å². The zero-order valence-corrected chi connectivity index (χ0v) is 17.4. The predicted molar refractivity (Wildman–Crippen MR) is 115 cm³/mol. The lowest BCUT2D eigenvalue weighted by Gasteiger charge is -2.18. The molecule has 3 aromatic rings. The van der Waals surface area contributed by atoms with Crippen molar-refractivity contribution in [3.05, 3.63) is 82.6 Å². The van der Waals surface area contributed by atoms with Gasteiger partial charge in [-0.3, -0.25) is 9.59 Å². The first-order valence-corrected chi connectivity index (χ1v) is 10.0. The summed E-state index contributed by atoms with van der Waals surface area (Å²) in [7, 11) is 0. The van der Waals surface area contributed by atoms with Crippen molar-refractivity contribution in [3.63, 3.8) is 0 Å². The number of carbonyl (C=O) groups is 3. The summed E-state index contributed by atoms with van der Waals surface area (Å²) in [5.41, 5.74) is 0.812. The van der Waals surface area contributed by atoms with E-state index in [2.05, 4.69) is 10.3 Å². The summed E-state index contributed by atoms with van der Waals surface area (Å²) in [6.07, 6.45) is 1.48. The van der Waals surface area contributed by atoms with Gasteiger partial charge >= 0.3 is 5.97 Å². The number of anilines is 1. The number of fused-ring (bicyclic) bond motifs is 1. The van der Waals surface area contributed by atoms with Gasteiger partial charge in [0.25, 0.3) is 5.91 Å². The van der Waals surface area contributed by atoms with E-state index in [0.29, 0.717) is 36.0 Å². The van der Waals surface area contributed by atoms with Gasteiger partial charge in [-0.1, -0.05) is 29.8 Å². The maximum Gasteiger partial charge on any atom is 0.339 e. The minimum Gasteiger partial charge on any atom is -0.486 e. The van der Waals surface area contributed by atoms with Crippen molar-refractivity contribution in [1.29, 1.82) is 0 Å². The van der Waals surface area contributed by atoms with E-state index in [0.717, 1.165) is 0 Å². The van der Waals surface area contributed by atoms with E-state index in [1.807, 2.05) is 0 Å². The Morgan fingerprint density at radius 2 is 1.72 bits per heavy atom. The quantitative estimate of drug-likeness (QED) is 0.346. The molecule has 0 radical (unpaired) electrons. The second kappa shape index (κ2) is 9.49. The van der Waals surface area contributed by atoms with Gasteiger partial charge in [0, 0.05) is 17.3 Å². The van der Waals surface area contributed by atoms with Crippen molar-refractivity contribution in [3.8, 4) is 11.5 Å². The number of carbonyl (C=O) groups excluding carboxylic acids is 3. The number of nitrogens with zero attached hydrogens (tertiary/aromatic N) is 1. The first-order valence-electron chi connectivity index (χ1n) is 9.64. The second-order valence-electron chi connectivity index (χ2n) is 6.70. The number of amides is 1. The molecule has 0 unspecified atom stereocenters. The molecule has 0 saturated carbocycles. The Balaban J connectivity index is 1.47. The van der Waals surface area contributed by atoms with Crippen LogP contribution < -0.4 is 14.8 Å². The average Bonchev–Trinajstić information content (AvgIpc) is 2.83. The fourth-order valence-corrected chi connectivity index (χ4v) is 3.24. The van der Waals surface area contributed by atoms with Crippen LogP contribution in [0, 0.1) is 0 Å². The van der Waals surface area contributed by atoms with Crippen LogP contribution in [0.3, 0.4) is 0 Å². The number of hydrogen-bond donors (Lipinski definition) is 1. The summed E-state index contributed by atoms with van der Waals surface area (Å²) in [6, 6.07) is 14.2. The lowest BCUT2D eigenvalue weighted by molar-refractivity contribution is -0.119. The number of ketones is 1. The van der Waals surface area contributed by atoms with E-state index < -0.39 is 18.5 Å². The van der Waals surface area contributed by atoms with Crippen LogP contribution in [-0.4, -0.2) is 42.5 Å². The maximum atomic E-state index is 13.1. The third kappa shape index (κ3) is 4.70. The fraction of sp³-hybridized carbons (Fsp3) is 0.130. The Bertz CT molecular complexity index is 1200. The van der Waals surface area contributed by atoms with E-state index in [4.69, 9.17) is 25.8 Å². The Morgan fingerprint density at radius 1 is 0.969 bits per heavy atom. The summed E-state index contributed by atoms with van der Waals surface area (Å²) in [6.45, 7) is 0.270. The number of pyridine rings is 1. The van der Waals surface area contributed by atoms with E-state index in [1.165, 1.54) is 18.3 Å². The molecule has 0 aliphatic carbocycles. The number of esters is 1. The first-order chi connectivity index (χ1) is 15.5. The predicted octanol–water partition coefficient (Wildman–Crippen LogP) is 3.53. The van der Waals surface area contributed by atoms with Gasteiger partial charge in [-0.15, -0.1) is 0 Å². The largest absolute Gasteiger partial charge is 0.486 e. The van der Waals surface area contributed by atoms with Crippen LogP contribution in [-0.2, 0) is 9.53 Å². The molecule has 8 nitrogen and oxygen atoms in total. The topological polar surface area (TPSA) is 104 Å². The molecule has 2 heterocycles. The highest BCUT2D eigenvalue weighted by molar-refractivity contribution is 6.32. The molecule has 0 atom stereocenters. The van der Waals surface area contributed by atoms with Gasteiger partial charge in [0.05, 0.1) is 11.3 Å². The van der Waals surface area contributed by atoms with Crippen LogP contribution in [0.15, 0.2) is 60.8 Å². The molecule has 0 spiro atoms. The third-order valence-electron chi connectivity index (χ3n) is 4.56. The number of nitrogens with one attached hydrogen (secondary N) is 1. The fourth-order valence-electron chi connectivity index (χ4n) is 3.07. The molecule has 1 N–H and O–H groups in total. The van der Waals surface area contributed by atoms with Gasteiger partial charge in [0.1, 0.15) is 13.2 Å². The summed E-state index contributed by atoms with van der Waals surface area (Å²) < 4.78 is 16.1. The molecule has 0 saturated heterocycles. The normalized spacial score (nSPS) is 12.0. The third-order valence-corrected chi connectivity index (χ3v) is 4.86.